The van der Waals surface area contributed by atoms with E-state index in [2.05, 4.69) is 15.9 Å². The summed E-state index contributed by atoms with van der Waals surface area (Å²) in [6, 6.07) is 11.3. The zero-order chi connectivity index (χ0) is 18.7. The van der Waals surface area contributed by atoms with Crippen molar-refractivity contribution in [3.05, 3.63) is 74.7 Å². The molecule has 1 aromatic heterocycles. The lowest BCUT2D eigenvalue weighted by atomic mass is 9.88. The van der Waals surface area contributed by atoms with Gasteiger partial charge in [0, 0.05) is 27.4 Å². The maximum atomic E-state index is 12.5. The number of rotatable bonds is 4. The Labute approximate surface area is 163 Å². The predicted molar refractivity (Wildman–Crippen MR) is 104 cm³/mol. The molecule has 0 saturated carbocycles. The van der Waals surface area contributed by atoms with Crippen molar-refractivity contribution in [1.29, 1.82) is 0 Å². The molecule has 0 fully saturated rings. The average molecular weight is 434 g/mol. The van der Waals surface area contributed by atoms with Crippen LogP contribution >= 0.6 is 27.3 Å². The molecule has 0 spiro atoms. The van der Waals surface area contributed by atoms with E-state index in [9.17, 15) is 9.59 Å². The zero-order valence-corrected chi connectivity index (χ0v) is 16.5. The molecule has 134 valence electrons. The Bertz CT molecular complexity index is 837. The molecule has 0 amide bonds. The van der Waals surface area contributed by atoms with E-state index in [1.165, 1.54) is 25.6 Å². The van der Waals surface area contributed by atoms with Gasteiger partial charge in [0.05, 0.1) is 31.3 Å². The van der Waals surface area contributed by atoms with Gasteiger partial charge in [-0.05, 0) is 35.7 Å². The lowest BCUT2D eigenvalue weighted by Crippen LogP contribution is -2.28. The largest absolute Gasteiger partial charge is 0.466 e. The summed E-state index contributed by atoms with van der Waals surface area (Å²) in [4.78, 5) is 27.5. The second-order valence-electron chi connectivity index (χ2n) is 5.48. The molecule has 1 aliphatic rings. The summed E-state index contributed by atoms with van der Waals surface area (Å²) in [7, 11) is 2.66. The van der Waals surface area contributed by atoms with Crippen molar-refractivity contribution in [2.45, 2.75) is 5.92 Å². The van der Waals surface area contributed by atoms with Crippen LogP contribution in [0.5, 0.6) is 0 Å². The van der Waals surface area contributed by atoms with Crippen molar-refractivity contribution in [2.75, 3.05) is 19.1 Å². The van der Waals surface area contributed by atoms with Gasteiger partial charge >= 0.3 is 11.9 Å². The Morgan fingerprint density at radius 3 is 2.04 bits per heavy atom. The fourth-order valence-corrected chi connectivity index (χ4v) is 3.88. The molecule has 0 aliphatic carbocycles. The number of anilines is 1. The summed E-state index contributed by atoms with van der Waals surface area (Å²) >= 11 is 4.87. The van der Waals surface area contributed by atoms with E-state index in [4.69, 9.17) is 9.47 Å². The van der Waals surface area contributed by atoms with E-state index in [1.807, 2.05) is 41.8 Å². The van der Waals surface area contributed by atoms with Gasteiger partial charge in [-0.2, -0.15) is 0 Å². The normalized spacial score (nSPS) is 14.5. The molecule has 7 heteroatoms. The van der Waals surface area contributed by atoms with Crippen molar-refractivity contribution in [3.63, 3.8) is 0 Å². The zero-order valence-electron chi connectivity index (χ0n) is 14.1. The standard InChI is InChI=1S/C19H16BrNO4S/c1-24-18(22)14-10-21(13-7-5-12(20)6-8-13)11-15(19(23)25-2)17(14)16-4-3-9-26-16/h3-11,17H,1-2H3. The number of esters is 2. The summed E-state index contributed by atoms with van der Waals surface area (Å²) in [5, 5.41) is 1.90. The van der Waals surface area contributed by atoms with Crippen molar-refractivity contribution in [1.82, 2.24) is 0 Å². The highest BCUT2D eigenvalue weighted by atomic mass is 79.9. The van der Waals surface area contributed by atoms with E-state index in [1.54, 1.807) is 17.3 Å². The number of nitrogens with zero attached hydrogens (tertiary/aromatic N) is 1. The first-order chi connectivity index (χ1) is 12.5. The summed E-state index contributed by atoms with van der Waals surface area (Å²) in [6.45, 7) is 0. The molecule has 0 unspecified atom stereocenters. The smallest absolute Gasteiger partial charge is 0.336 e. The maximum Gasteiger partial charge on any atom is 0.336 e. The van der Waals surface area contributed by atoms with Gasteiger partial charge in [0.25, 0.3) is 0 Å². The number of thiophene rings is 1. The number of methoxy groups -OCH3 is 2. The SMILES string of the molecule is COC(=O)C1=CN(c2ccc(Br)cc2)C=C(C(=O)OC)C1c1cccs1. The molecule has 0 N–H and O–H groups in total. The summed E-state index contributed by atoms with van der Waals surface area (Å²) in [5.41, 5.74) is 1.56. The first kappa shape index (κ1) is 18.4. The van der Waals surface area contributed by atoms with E-state index in [-0.39, 0.29) is 0 Å². The molecule has 2 heterocycles. The third-order valence-corrected chi connectivity index (χ3v) is 5.44. The first-order valence-corrected chi connectivity index (χ1v) is 9.39. The maximum absolute atomic E-state index is 12.5. The van der Waals surface area contributed by atoms with Gasteiger partial charge in [0.15, 0.2) is 0 Å². The fourth-order valence-electron chi connectivity index (χ4n) is 2.75. The highest BCUT2D eigenvalue weighted by molar-refractivity contribution is 9.10. The first-order valence-electron chi connectivity index (χ1n) is 7.72. The van der Waals surface area contributed by atoms with Gasteiger partial charge in [-0.1, -0.05) is 22.0 Å². The van der Waals surface area contributed by atoms with Crippen molar-refractivity contribution < 1.29 is 19.1 Å². The van der Waals surface area contributed by atoms with Crippen LogP contribution in [-0.2, 0) is 19.1 Å². The molecular weight excluding hydrogens is 418 g/mol. The van der Waals surface area contributed by atoms with Crippen LogP contribution in [0.2, 0.25) is 0 Å². The molecular formula is C19H16BrNO4S. The molecule has 0 atom stereocenters. The second-order valence-corrected chi connectivity index (χ2v) is 7.38. The van der Waals surface area contributed by atoms with Crippen LogP contribution in [0.1, 0.15) is 10.8 Å². The number of carbonyl (C=O) groups is 2. The van der Waals surface area contributed by atoms with Crippen LogP contribution in [0, 0.1) is 0 Å². The molecule has 2 aromatic rings. The number of benzene rings is 1. The number of hydrogen-bond acceptors (Lipinski definition) is 6. The van der Waals surface area contributed by atoms with E-state index < -0.39 is 17.9 Å². The van der Waals surface area contributed by atoms with Gasteiger partial charge in [0.2, 0.25) is 0 Å². The van der Waals surface area contributed by atoms with Crippen LogP contribution in [-0.4, -0.2) is 26.2 Å². The monoisotopic (exact) mass is 433 g/mol. The van der Waals surface area contributed by atoms with Gasteiger partial charge in [-0.15, -0.1) is 11.3 Å². The Balaban J connectivity index is 2.14. The molecule has 0 radical (unpaired) electrons. The lowest BCUT2D eigenvalue weighted by molar-refractivity contribution is -0.137. The van der Waals surface area contributed by atoms with Crippen molar-refractivity contribution in [2.24, 2.45) is 0 Å². The van der Waals surface area contributed by atoms with Crippen molar-refractivity contribution >= 4 is 44.9 Å². The number of hydrogen-bond donors (Lipinski definition) is 0. The minimum atomic E-state index is -0.526. The molecule has 1 aromatic carbocycles. The van der Waals surface area contributed by atoms with E-state index in [0.717, 1.165) is 15.0 Å². The predicted octanol–water partition coefficient (Wildman–Crippen LogP) is 4.23. The van der Waals surface area contributed by atoms with Crippen molar-refractivity contribution in [3.8, 4) is 0 Å². The quantitative estimate of drug-likeness (QED) is 0.675. The minimum Gasteiger partial charge on any atom is -0.466 e. The average Bonchev–Trinajstić information content (AvgIpc) is 3.20. The third-order valence-electron chi connectivity index (χ3n) is 3.97. The molecule has 5 nitrogen and oxygen atoms in total. The molecule has 0 bridgehead atoms. The Morgan fingerprint density at radius 2 is 1.58 bits per heavy atom. The van der Waals surface area contributed by atoms with Gasteiger partial charge in [0.1, 0.15) is 0 Å². The summed E-state index contributed by atoms with van der Waals surface area (Å²) < 4.78 is 10.9. The highest BCUT2D eigenvalue weighted by Crippen LogP contribution is 2.40. The Kier molecular flexibility index (Phi) is 5.58. The lowest BCUT2D eigenvalue weighted by Gasteiger charge is -2.29. The molecule has 0 saturated heterocycles. The third kappa shape index (κ3) is 3.59. The van der Waals surface area contributed by atoms with Crippen LogP contribution in [0.4, 0.5) is 5.69 Å². The summed E-state index contributed by atoms with van der Waals surface area (Å²) in [5.74, 6) is -1.50. The van der Waals surface area contributed by atoms with Crippen LogP contribution < -0.4 is 4.90 Å². The molecule has 1 aliphatic heterocycles. The van der Waals surface area contributed by atoms with Crippen LogP contribution in [0.3, 0.4) is 0 Å². The molecule has 3 rings (SSSR count). The second kappa shape index (κ2) is 7.88. The number of carbonyl (C=O) groups excluding carboxylic acids is 2. The number of ether oxygens (including phenoxy) is 2. The van der Waals surface area contributed by atoms with E-state index in [0.29, 0.717) is 11.1 Å². The van der Waals surface area contributed by atoms with Crippen LogP contribution in [0.15, 0.2) is 69.8 Å². The van der Waals surface area contributed by atoms with Gasteiger partial charge in [-0.25, -0.2) is 9.59 Å². The van der Waals surface area contributed by atoms with Gasteiger partial charge in [-0.3, -0.25) is 0 Å². The topological polar surface area (TPSA) is 55.8 Å². The van der Waals surface area contributed by atoms with E-state index >= 15 is 0 Å². The van der Waals surface area contributed by atoms with Gasteiger partial charge < -0.3 is 14.4 Å². The number of halogens is 1. The summed E-state index contributed by atoms with van der Waals surface area (Å²) in [6.07, 6.45) is 3.40. The highest BCUT2D eigenvalue weighted by Gasteiger charge is 2.36. The fraction of sp³-hybridized carbons (Fsp3) is 0.158. The Hall–Kier alpha value is -2.38. The Morgan fingerprint density at radius 1 is 1.00 bits per heavy atom. The van der Waals surface area contributed by atoms with Crippen LogP contribution in [0.25, 0.3) is 0 Å². The molecule has 26 heavy (non-hydrogen) atoms. The minimum absolute atomic E-state index is 0.376.